The van der Waals surface area contributed by atoms with Gasteiger partial charge in [-0.05, 0) is 31.8 Å². The van der Waals surface area contributed by atoms with Crippen molar-refractivity contribution in [3.05, 3.63) is 12.2 Å². The zero-order chi connectivity index (χ0) is 16.5. The van der Waals surface area contributed by atoms with Crippen LogP contribution in [0.25, 0.3) is 0 Å². The Balaban J connectivity index is 4.01. The fourth-order valence-electron chi connectivity index (χ4n) is 2.59. The number of rotatable bonds is 15. The minimum Gasteiger partial charge on any atom is -0.339 e. The van der Waals surface area contributed by atoms with E-state index in [2.05, 4.69) is 31.7 Å². The highest BCUT2D eigenvalue weighted by Gasteiger charge is 2.09. The van der Waals surface area contributed by atoms with Gasteiger partial charge in [-0.3, -0.25) is 4.79 Å². The average molecular weight is 310 g/mol. The molecule has 0 heterocycles. The molecule has 0 fully saturated rings. The molecule has 0 aromatic carbocycles. The van der Waals surface area contributed by atoms with E-state index in [-0.39, 0.29) is 5.91 Å². The van der Waals surface area contributed by atoms with Gasteiger partial charge in [0, 0.05) is 13.1 Å². The summed E-state index contributed by atoms with van der Waals surface area (Å²) >= 11 is 0. The monoisotopic (exact) mass is 309 g/mol. The van der Waals surface area contributed by atoms with Crippen molar-refractivity contribution in [1.29, 1.82) is 0 Å². The van der Waals surface area contributed by atoms with Crippen molar-refractivity contribution in [2.45, 2.75) is 97.8 Å². The molecule has 0 unspecified atom stereocenters. The topological polar surface area (TPSA) is 20.3 Å². The maximum atomic E-state index is 12.3. The first kappa shape index (κ1) is 21.2. The third kappa shape index (κ3) is 12.9. The van der Waals surface area contributed by atoms with E-state index < -0.39 is 0 Å². The Morgan fingerprint density at radius 1 is 0.727 bits per heavy atom. The Bertz CT molecular complexity index is 263. The molecule has 2 nitrogen and oxygen atoms in total. The Morgan fingerprint density at radius 2 is 1.23 bits per heavy atom. The van der Waals surface area contributed by atoms with Crippen LogP contribution in [-0.4, -0.2) is 23.9 Å². The van der Waals surface area contributed by atoms with Crippen LogP contribution in [0.15, 0.2) is 12.2 Å². The van der Waals surface area contributed by atoms with E-state index in [1.165, 1.54) is 57.8 Å². The zero-order valence-electron chi connectivity index (χ0n) is 15.4. The van der Waals surface area contributed by atoms with Crippen LogP contribution in [0.5, 0.6) is 0 Å². The molecule has 0 aromatic heterocycles. The lowest BCUT2D eigenvalue weighted by atomic mass is 10.1. The summed E-state index contributed by atoms with van der Waals surface area (Å²) in [7, 11) is 0. The van der Waals surface area contributed by atoms with Gasteiger partial charge in [-0.2, -0.15) is 0 Å². The van der Waals surface area contributed by atoms with E-state index in [9.17, 15) is 4.79 Å². The number of amides is 1. The molecule has 0 rings (SSSR count). The second-order valence-corrected chi connectivity index (χ2v) is 6.34. The summed E-state index contributed by atoms with van der Waals surface area (Å²) in [5.41, 5.74) is 0. The lowest BCUT2D eigenvalue weighted by molar-refractivity contribution is -0.126. The summed E-state index contributed by atoms with van der Waals surface area (Å²) < 4.78 is 0. The average Bonchev–Trinajstić information content (AvgIpc) is 2.52. The predicted octanol–water partition coefficient (Wildman–Crippen LogP) is 6.11. The first-order chi connectivity index (χ1) is 10.8. The normalized spacial score (nSPS) is 11.2. The van der Waals surface area contributed by atoms with Crippen molar-refractivity contribution in [3.63, 3.8) is 0 Å². The van der Waals surface area contributed by atoms with E-state index in [1.54, 1.807) is 0 Å². The molecule has 0 saturated carbocycles. The molecular formula is C20H39NO. The van der Waals surface area contributed by atoms with Gasteiger partial charge in [0.2, 0.25) is 5.91 Å². The van der Waals surface area contributed by atoms with Crippen LogP contribution in [-0.2, 0) is 4.79 Å². The van der Waals surface area contributed by atoms with E-state index in [4.69, 9.17) is 0 Å². The van der Waals surface area contributed by atoms with Crippen LogP contribution < -0.4 is 0 Å². The molecule has 0 N–H and O–H groups in total. The Hall–Kier alpha value is -0.790. The van der Waals surface area contributed by atoms with Crippen molar-refractivity contribution < 1.29 is 4.79 Å². The first-order valence-electron chi connectivity index (χ1n) is 9.71. The van der Waals surface area contributed by atoms with Crippen molar-refractivity contribution in [2.75, 3.05) is 13.1 Å². The number of carbonyl (C=O) groups is 1. The first-order valence-corrected chi connectivity index (χ1v) is 9.71. The fraction of sp³-hybridized carbons (Fsp3) is 0.850. The minimum absolute atomic E-state index is 0.223. The number of unbranched alkanes of at least 4 members (excludes halogenated alkanes) is 9. The number of hydrogen-bond donors (Lipinski definition) is 0. The van der Waals surface area contributed by atoms with Crippen LogP contribution in [0.2, 0.25) is 0 Å². The molecule has 0 atom stereocenters. The molecule has 0 aliphatic rings. The van der Waals surface area contributed by atoms with Gasteiger partial charge in [0.15, 0.2) is 0 Å². The standard InChI is InChI=1S/C20H39NO/c1-4-7-10-11-12-13-14-17-20(22)21(18-15-8-5-2)19-16-9-6-3/h14,17H,4-13,15-16,18-19H2,1-3H3/b17-14+. The van der Waals surface area contributed by atoms with Gasteiger partial charge in [0.1, 0.15) is 0 Å². The molecule has 0 radical (unpaired) electrons. The van der Waals surface area contributed by atoms with Crippen molar-refractivity contribution in [1.82, 2.24) is 4.90 Å². The minimum atomic E-state index is 0.223. The molecule has 22 heavy (non-hydrogen) atoms. The third-order valence-electron chi connectivity index (χ3n) is 4.11. The highest BCUT2D eigenvalue weighted by atomic mass is 16.2. The largest absolute Gasteiger partial charge is 0.339 e. The quantitative estimate of drug-likeness (QED) is 0.264. The molecule has 0 spiro atoms. The number of nitrogens with zero attached hydrogens (tertiary/aromatic N) is 1. The van der Waals surface area contributed by atoms with E-state index in [0.717, 1.165) is 32.4 Å². The number of carbonyl (C=O) groups excluding carboxylic acids is 1. The highest BCUT2D eigenvalue weighted by molar-refractivity contribution is 5.87. The van der Waals surface area contributed by atoms with Gasteiger partial charge >= 0.3 is 0 Å². The van der Waals surface area contributed by atoms with Gasteiger partial charge in [-0.15, -0.1) is 0 Å². The summed E-state index contributed by atoms with van der Waals surface area (Å²) in [4.78, 5) is 14.4. The zero-order valence-corrected chi connectivity index (χ0v) is 15.4. The molecule has 0 saturated heterocycles. The molecule has 0 bridgehead atoms. The Kier molecular flexibility index (Phi) is 16.0. The van der Waals surface area contributed by atoms with Gasteiger partial charge in [0.25, 0.3) is 0 Å². The summed E-state index contributed by atoms with van der Waals surface area (Å²) in [6, 6.07) is 0. The van der Waals surface area contributed by atoms with E-state index in [0.29, 0.717) is 0 Å². The second kappa shape index (κ2) is 16.6. The number of allylic oxidation sites excluding steroid dienone is 1. The van der Waals surface area contributed by atoms with Crippen LogP contribution in [0.3, 0.4) is 0 Å². The Morgan fingerprint density at radius 3 is 1.77 bits per heavy atom. The second-order valence-electron chi connectivity index (χ2n) is 6.34. The molecule has 130 valence electrons. The van der Waals surface area contributed by atoms with Crippen molar-refractivity contribution in [2.24, 2.45) is 0 Å². The molecule has 0 aromatic rings. The van der Waals surface area contributed by atoms with Gasteiger partial charge in [0.05, 0.1) is 0 Å². The van der Waals surface area contributed by atoms with Gasteiger partial charge < -0.3 is 4.90 Å². The van der Waals surface area contributed by atoms with Crippen LogP contribution >= 0.6 is 0 Å². The molecule has 0 aliphatic carbocycles. The maximum absolute atomic E-state index is 12.3. The highest BCUT2D eigenvalue weighted by Crippen LogP contribution is 2.07. The lowest BCUT2D eigenvalue weighted by Crippen LogP contribution is -2.31. The lowest BCUT2D eigenvalue weighted by Gasteiger charge is -2.21. The maximum Gasteiger partial charge on any atom is 0.246 e. The van der Waals surface area contributed by atoms with Crippen LogP contribution in [0.4, 0.5) is 0 Å². The predicted molar refractivity (Wildman–Crippen MR) is 98.1 cm³/mol. The molecule has 2 heteroatoms. The summed E-state index contributed by atoms with van der Waals surface area (Å²) in [6.45, 7) is 8.52. The third-order valence-corrected chi connectivity index (χ3v) is 4.11. The van der Waals surface area contributed by atoms with E-state index >= 15 is 0 Å². The SMILES string of the molecule is CCCCCCC/C=C/C(=O)N(CCCCC)CCCCC. The summed E-state index contributed by atoms with van der Waals surface area (Å²) in [6.07, 6.45) is 18.6. The van der Waals surface area contributed by atoms with Crippen LogP contribution in [0.1, 0.15) is 97.8 Å². The Labute approximate surface area is 139 Å². The smallest absolute Gasteiger partial charge is 0.246 e. The van der Waals surface area contributed by atoms with Crippen molar-refractivity contribution in [3.8, 4) is 0 Å². The van der Waals surface area contributed by atoms with Gasteiger partial charge in [-0.1, -0.05) is 78.2 Å². The number of hydrogen-bond acceptors (Lipinski definition) is 1. The van der Waals surface area contributed by atoms with Crippen LogP contribution in [0, 0.1) is 0 Å². The molecule has 0 aliphatic heterocycles. The van der Waals surface area contributed by atoms with E-state index in [1.807, 2.05) is 6.08 Å². The van der Waals surface area contributed by atoms with Gasteiger partial charge in [-0.25, -0.2) is 0 Å². The van der Waals surface area contributed by atoms with Crippen molar-refractivity contribution >= 4 is 5.91 Å². The summed E-state index contributed by atoms with van der Waals surface area (Å²) in [5, 5.41) is 0. The molecule has 1 amide bonds. The fourth-order valence-corrected chi connectivity index (χ4v) is 2.59. The summed E-state index contributed by atoms with van der Waals surface area (Å²) in [5.74, 6) is 0.223. The molecular weight excluding hydrogens is 270 g/mol.